The molecule has 0 saturated heterocycles. The summed E-state index contributed by atoms with van der Waals surface area (Å²) in [6, 6.07) is 4.70. The van der Waals surface area contributed by atoms with E-state index in [0.29, 0.717) is 17.3 Å². The van der Waals surface area contributed by atoms with Crippen LogP contribution in [0, 0.1) is 12.7 Å². The number of aromatic nitrogens is 4. The molecule has 0 spiro atoms. The molecule has 2 N–H and O–H groups in total. The molecule has 0 bridgehead atoms. The molecule has 150 valence electrons. The molecule has 0 radical (unpaired) electrons. The molecule has 2 aromatic heterocycles. The van der Waals surface area contributed by atoms with Crippen molar-refractivity contribution in [3.63, 3.8) is 0 Å². The first-order chi connectivity index (χ1) is 13.6. The maximum atomic E-state index is 14.5. The number of nitrogens with zero attached hydrogens (tertiary/aromatic N) is 3. The zero-order valence-corrected chi connectivity index (χ0v) is 14.8. The van der Waals surface area contributed by atoms with Gasteiger partial charge in [0.15, 0.2) is 5.82 Å². The summed E-state index contributed by atoms with van der Waals surface area (Å²) >= 11 is 0. The first-order valence-corrected chi connectivity index (χ1v) is 8.47. The molecular weight excluding hydrogens is 394 g/mol. The van der Waals surface area contributed by atoms with Crippen LogP contribution in [0.25, 0.3) is 5.82 Å². The Morgan fingerprint density at radius 1 is 1.17 bits per heavy atom. The number of fused-ring (bicyclic) bond motifs is 1. The van der Waals surface area contributed by atoms with Crippen molar-refractivity contribution < 1.29 is 22.4 Å². The Labute approximate surface area is 160 Å². The van der Waals surface area contributed by atoms with Crippen molar-refractivity contribution in [1.82, 2.24) is 20.0 Å². The first kappa shape index (κ1) is 18.8. The van der Waals surface area contributed by atoms with Crippen LogP contribution in [0.15, 0.2) is 35.1 Å². The van der Waals surface area contributed by atoms with Gasteiger partial charge in [0.05, 0.1) is 11.3 Å². The van der Waals surface area contributed by atoms with E-state index in [1.807, 2.05) is 0 Å². The molecule has 0 fully saturated rings. The lowest BCUT2D eigenvalue weighted by Gasteiger charge is -2.25. The van der Waals surface area contributed by atoms with Gasteiger partial charge in [0.1, 0.15) is 11.6 Å². The van der Waals surface area contributed by atoms with Crippen molar-refractivity contribution in [2.45, 2.75) is 25.4 Å². The molecule has 4 rings (SSSR count). The summed E-state index contributed by atoms with van der Waals surface area (Å²) in [6.45, 7) is 1.59. The van der Waals surface area contributed by atoms with Gasteiger partial charge in [0.2, 0.25) is 5.91 Å². The van der Waals surface area contributed by atoms with Crippen LogP contribution in [-0.2, 0) is 11.0 Å². The highest BCUT2D eigenvalue weighted by Gasteiger charge is 2.37. The summed E-state index contributed by atoms with van der Waals surface area (Å²) < 4.78 is 55.1. The number of carbonyl (C=O) groups is 1. The molecule has 0 aliphatic carbocycles. The van der Waals surface area contributed by atoms with Crippen molar-refractivity contribution in [3.05, 3.63) is 68.9 Å². The molecule has 1 aliphatic heterocycles. The molecule has 11 heteroatoms. The summed E-state index contributed by atoms with van der Waals surface area (Å²) in [5.74, 6) is -1.97. The van der Waals surface area contributed by atoms with Crippen molar-refractivity contribution in [1.29, 1.82) is 0 Å². The molecule has 1 atom stereocenters. The molecule has 0 unspecified atom stereocenters. The summed E-state index contributed by atoms with van der Waals surface area (Å²) in [4.78, 5) is 23.5. The molecule has 3 aromatic rings. The number of nitrogens with one attached hydrogen (secondary N) is 2. The number of aromatic amines is 1. The van der Waals surface area contributed by atoms with Gasteiger partial charge >= 0.3 is 6.18 Å². The average Bonchev–Trinajstić information content (AvgIpc) is 2.97. The highest BCUT2D eigenvalue weighted by molar-refractivity contribution is 5.95. The molecule has 1 aliphatic rings. The van der Waals surface area contributed by atoms with Crippen LogP contribution in [0.1, 0.15) is 34.7 Å². The van der Waals surface area contributed by atoms with Crippen LogP contribution >= 0.6 is 0 Å². The molecular formula is C18H13F4N5O2. The molecule has 1 amide bonds. The second-order valence-electron chi connectivity index (χ2n) is 6.58. The second kappa shape index (κ2) is 6.54. The van der Waals surface area contributed by atoms with E-state index in [9.17, 15) is 27.2 Å². The number of benzene rings is 1. The van der Waals surface area contributed by atoms with Gasteiger partial charge in [-0.1, -0.05) is 0 Å². The Balaban J connectivity index is 1.89. The maximum Gasteiger partial charge on any atom is 0.416 e. The second-order valence-corrected chi connectivity index (χ2v) is 6.58. The van der Waals surface area contributed by atoms with Crippen LogP contribution in [0.3, 0.4) is 0 Å². The molecule has 3 heterocycles. The quantitative estimate of drug-likeness (QED) is 0.639. The number of alkyl halides is 3. The number of rotatable bonds is 2. The maximum absolute atomic E-state index is 14.5. The smallest absolute Gasteiger partial charge is 0.310 e. The largest absolute Gasteiger partial charge is 0.416 e. The van der Waals surface area contributed by atoms with E-state index in [2.05, 4.69) is 20.6 Å². The lowest BCUT2D eigenvalue weighted by Crippen LogP contribution is -2.26. The van der Waals surface area contributed by atoms with Crippen molar-refractivity contribution in [2.75, 3.05) is 5.32 Å². The van der Waals surface area contributed by atoms with E-state index < -0.39 is 34.9 Å². The first-order valence-electron chi connectivity index (χ1n) is 8.47. The van der Waals surface area contributed by atoms with E-state index >= 15 is 0 Å². The van der Waals surface area contributed by atoms with Crippen LogP contribution in [0.5, 0.6) is 0 Å². The van der Waals surface area contributed by atoms with E-state index in [-0.39, 0.29) is 23.6 Å². The fraction of sp³-hybridized carbons (Fsp3) is 0.222. The highest BCUT2D eigenvalue weighted by atomic mass is 19.4. The number of hydrogen-bond acceptors (Lipinski definition) is 4. The minimum Gasteiger partial charge on any atom is -0.310 e. The summed E-state index contributed by atoms with van der Waals surface area (Å²) in [6.07, 6.45) is -4.89. The zero-order valence-electron chi connectivity index (χ0n) is 14.8. The van der Waals surface area contributed by atoms with Crippen LogP contribution in [-0.4, -0.2) is 25.9 Å². The average molecular weight is 407 g/mol. The van der Waals surface area contributed by atoms with E-state index in [1.54, 1.807) is 6.92 Å². The minimum atomic E-state index is -4.65. The van der Waals surface area contributed by atoms with Gasteiger partial charge < -0.3 is 5.32 Å². The molecule has 29 heavy (non-hydrogen) atoms. The van der Waals surface area contributed by atoms with Gasteiger partial charge in [-0.15, -0.1) is 0 Å². The fourth-order valence-electron chi connectivity index (χ4n) is 3.42. The van der Waals surface area contributed by atoms with Gasteiger partial charge in [0.25, 0.3) is 5.56 Å². The number of carbonyl (C=O) groups excluding carboxylic acids is 1. The number of amides is 1. The topological polar surface area (TPSA) is 92.7 Å². The summed E-state index contributed by atoms with van der Waals surface area (Å²) in [5, 5.41) is 13.0. The fourth-order valence-corrected chi connectivity index (χ4v) is 3.42. The Kier molecular flexibility index (Phi) is 4.25. The summed E-state index contributed by atoms with van der Waals surface area (Å²) in [7, 11) is 0. The molecule has 0 saturated carbocycles. The Morgan fingerprint density at radius 2 is 1.93 bits per heavy atom. The molecule has 1 aromatic carbocycles. The lowest BCUT2D eigenvalue weighted by atomic mass is 9.84. The van der Waals surface area contributed by atoms with E-state index in [1.165, 1.54) is 16.8 Å². The van der Waals surface area contributed by atoms with Gasteiger partial charge in [-0.05, 0) is 36.8 Å². The van der Waals surface area contributed by atoms with Crippen LogP contribution < -0.4 is 10.9 Å². The SMILES string of the molecule is Cc1nn(-c2ccc(=O)[nH]n2)c2c1[C@H](c1cc(C(F)(F)F)ccc1F)CC(=O)N2. The van der Waals surface area contributed by atoms with Gasteiger partial charge in [0, 0.05) is 24.0 Å². The molecule has 7 nitrogen and oxygen atoms in total. The lowest BCUT2D eigenvalue weighted by molar-refractivity contribution is -0.137. The van der Waals surface area contributed by atoms with Gasteiger partial charge in [-0.3, -0.25) is 9.59 Å². The third-order valence-corrected chi connectivity index (χ3v) is 4.68. The number of aryl methyl sites for hydroxylation is 1. The normalized spacial score (nSPS) is 16.4. The number of halogens is 4. The number of hydrogen-bond donors (Lipinski definition) is 2. The highest BCUT2D eigenvalue weighted by Crippen LogP contribution is 2.42. The third kappa shape index (κ3) is 3.28. The Bertz CT molecular complexity index is 1160. The van der Waals surface area contributed by atoms with Crippen molar-refractivity contribution in [3.8, 4) is 5.82 Å². The van der Waals surface area contributed by atoms with Gasteiger partial charge in [-0.2, -0.15) is 28.1 Å². The predicted octanol–water partition coefficient (Wildman–Crippen LogP) is 2.90. The summed E-state index contributed by atoms with van der Waals surface area (Å²) in [5.41, 5.74) is -0.924. The minimum absolute atomic E-state index is 0.167. The van der Waals surface area contributed by atoms with Crippen molar-refractivity contribution >= 4 is 11.7 Å². The number of H-pyrrole nitrogens is 1. The predicted molar refractivity (Wildman–Crippen MR) is 93.2 cm³/mol. The standard InChI is InChI=1S/C18H13F4N5O2/c1-8-16-11(10-6-9(18(20,21)22)2-3-12(10)19)7-15(29)23-17(16)27(26-8)13-4-5-14(28)25-24-13/h2-6,11H,7H2,1H3,(H,23,29)(H,25,28)/t11-/m0/s1. The van der Waals surface area contributed by atoms with E-state index in [0.717, 1.165) is 12.1 Å². The Hall–Kier alpha value is -3.50. The van der Waals surface area contributed by atoms with Crippen LogP contribution in [0.4, 0.5) is 23.4 Å². The zero-order chi connectivity index (χ0) is 20.9. The van der Waals surface area contributed by atoms with Crippen molar-refractivity contribution in [2.24, 2.45) is 0 Å². The van der Waals surface area contributed by atoms with E-state index in [4.69, 9.17) is 0 Å². The number of anilines is 1. The monoisotopic (exact) mass is 407 g/mol. The van der Waals surface area contributed by atoms with Crippen LogP contribution in [0.2, 0.25) is 0 Å². The Morgan fingerprint density at radius 3 is 2.59 bits per heavy atom. The third-order valence-electron chi connectivity index (χ3n) is 4.68. The van der Waals surface area contributed by atoms with Gasteiger partial charge in [-0.25, -0.2) is 9.49 Å².